The van der Waals surface area contributed by atoms with Gasteiger partial charge in [0.05, 0.1) is 17.7 Å². The van der Waals surface area contributed by atoms with Crippen LogP contribution >= 0.6 is 0 Å². The van der Waals surface area contributed by atoms with Crippen LogP contribution in [0.1, 0.15) is 5.56 Å². The molecule has 1 heterocycles. The molecule has 2 aromatic rings. The van der Waals surface area contributed by atoms with Crippen LogP contribution in [0.3, 0.4) is 0 Å². The summed E-state index contributed by atoms with van der Waals surface area (Å²) >= 11 is 0. The van der Waals surface area contributed by atoms with Crippen molar-refractivity contribution in [3.8, 4) is 5.75 Å². The maximum Gasteiger partial charge on any atom is 0.269 e. The van der Waals surface area contributed by atoms with Crippen molar-refractivity contribution in [2.24, 2.45) is 4.99 Å². The second-order valence-electron chi connectivity index (χ2n) is 6.47. The average Bonchev–Trinajstić information content (AvgIpc) is 2.75. The predicted octanol–water partition coefficient (Wildman–Crippen LogP) is 2.50. The molecule has 1 aliphatic heterocycles. The molecular formula is C20H25N5O3. The third kappa shape index (κ3) is 4.51. The number of nitro groups is 1. The highest BCUT2D eigenvalue weighted by molar-refractivity contribution is 5.80. The molecule has 0 spiro atoms. The fraction of sp³-hybridized carbons (Fsp3) is 0.350. The zero-order valence-corrected chi connectivity index (χ0v) is 16.2. The van der Waals surface area contributed by atoms with Gasteiger partial charge in [-0.1, -0.05) is 24.3 Å². The molecule has 3 rings (SSSR count). The number of aliphatic imine (C=N–C) groups is 1. The molecule has 0 atom stereocenters. The SMILES string of the molecule is CN=C(NCc1cccc([N+](=O)[O-])c1)N1CCN(c2ccccc2OC)CC1. The number of benzene rings is 2. The number of piperazine rings is 1. The molecule has 0 bridgehead atoms. The lowest BCUT2D eigenvalue weighted by Crippen LogP contribution is -2.52. The van der Waals surface area contributed by atoms with E-state index in [1.54, 1.807) is 26.3 Å². The molecule has 28 heavy (non-hydrogen) atoms. The second-order valence-corrected chi connectivity index (χ2v) is 6.47. The predicted molar refractivity (Wildman–Crippen MR) is 110 cm³/mol. The lowest BCUT2D eigenvalue weighted by Gasteiger charge is -2.38. The Bertz CT molecular complexity index is 847. The number of nitro benzene ring substituents is 1. The summed E-state index contributed by atoms with van der Waals surface area (Å²) in [5.41, 5.74) is 2.05. The Morgan fingerprint density at radius 3 is 2.61 bits per heavy atom. The van der Waals surface area contributed by atoms with Crippen LogP contribution in [0.25, 0.3) is 0 Å². The summed E-state index contributed by atoms with van der Waals surface area (Å²) in [7, 11) is 3.44. The standard InChI is InChI=1S/C20H25N5O3/c1-21-20(22-15-16-6-5-7-17(14-16)25(26)27)24-12-10-23(11-13-24)18-8-3-4-9-19(18)28-2/h3-9,14H,10-13,15H2,1-2H3,(H,21,22). The first-order chi connectivity index (χ1) is 13.6. The van der Waals surface area contributed by atoms with Crippen LogP contribution in [-0.2, 0) is 6.54 Å². The van der Waals surface area contributed by atoms with E-state index in [4.69, 9.17) is 4.74 Å². The van der Waals surface area contributed by atoms with Crippen molar-refractivity contribution in [2.75, 3.05) is 45.2 Å². The van der Waals surface area contributed by atoms with Crippen LogP contribution in [-0.4, -0.2) is 56.1 Å². The van der Waals surface area contributed by atoms with Gasteiger partial charge in [-0.25, -0.2) is 0 Å². The van der Waals surface area contributed by atoms with Crippen LogP contribution in [0.15, 0.2) is 53.5 Å². The smallest absolute Gasteiger partial charge is 0.269 e. The number of nitrogens with one attached hydrogen (secondary N) is 1. The van der Waals surface area contributed by atoms with Gasteiger partial charge in [0.15, 0.2) is 5.96 Å². The third-order valence-corrected chi connectivity index (χ3v) is 4.79. The van der Waals surface area contributed by atoms with Crippen molar-refractivity contribution in [1.29, 1.82) is 0 Å². The largest absolute Gasteiger partial charge is 0.495 e. The first kappa shape index (κ1) is 19.5. The van der Waals surface area contributed by atoms with Gasteiger partial charge in [0.25, 0.3) is 5.69 Å². The lowest BCUT2D eigenvalue weighted by atomic mass is 10.2. The number of para-hydroxylation sites is 2. The maximum absolute atomic E-state index is 10.9. The minimum atomic E-state index is -0.380. The quantitative estimate of drug-likeness (QED) is 0.370. The number of nitrogens with zero attached hydrogens (tertiary/aromatic N) is 4. The summed E-state index contributed by atoms with van der Waals surface area (Å²) < 4.78 is 5.47. The number of ether oxygens (including phenoxy) is 1. The van der Waals surface area contributed by atoms with Crippen LogP contribution in [0.5, 0.6) is 5.75 Å². The van der Waals surface area contributed by atoms with E-state index < -0.39 is 0 Å². The normalized spacial score (nSPS) is 14.7. The molecule has 0 saturated carbocycles. The topological polar surface area (TPSA) is 83.2 Å². The lowest BCUT2D eigenvalue weighted by molar-refractivity contribution is -0.384. The van der Waals surface area contributed by atoms with Crippen LogP contribution < -0.4 is 15.0 Å². The third-order valence-electron chi connectivity index (χ3n) is 4.79. The zero-order valence-electron chi connectivity index (χ0n) is 16.2. The summed E-state index contributed by atoms with van der Waals surface area (Å²) in [5.74, 6) is 1.68. The second kappa shape index (κ2) is 9.07. The molecule has 0 aromatic heterocycles. The number of guanidine groups is 1. The summed E-state index contributed by atoms with van der Waals surface area (Å²) in [6, 6.07) is 14.7. The van der Waals surface area contributed by atoms with E-state index in [-0.39, 0.29) is 10.6 Å². The number of anilines is 1. The van der Waals surface area contributed by atoms with E-state index in [1.165, 1.54) is 6.07 Å². The molecule has 148 valence electrons. The Morgan fingerprint density at radius 2 is 1.93 bits per heavy atom. The number of non-ortho nitro benzene ring substituents is 1. The summed E-state index contributed by atoms with van der Waals surface area (Å²) in [6.07, 6.45) is 0. The van der Waals surface area contributed by atoms with E-state index in [0.717, 1.165) is 49.1 Å². The van der Waals surface area contributed by atoms with Crippen molar-refractivity contribution in [3.05, 3.63) is 64.2 Å². The van der Waals surface area contributed by atoms with Gasteiger partial charge >= 0.3 is 0 Å². The highest BCUT2D eigenvalue weighted by Crippen LogP contribution is 2.28. The highest BCUT2D eigenvalue weighted by atomic mass is 16.6. The number of rotatable bonds is 5. The number of hydrogen-bond donors (Lipinski definition) is 1. The van der Waals surface area contributed by atoms with Crippen molar-refractivity contribution in [2.45, 2.75) is 6.54 Å². The van der Waals surface area contributed by atoms with Gasteiger partial charge in [0.1, 0.15) is 5.75 Å². The number of hydrogen-bond acceptors (Lipinski definition) is 5. The van der Waals surface area contributed by atoms with Crippen molar-refractivity contribution >= 4 is 17.3 Å². The maximum atomic E-state index is 10.9. The Balaban J connectivity index is 1.58. The van der Waals surface area contributed by atoms with E-state index in [9.17, 15) is 10.1 Å². The van der Waals surface area contributed by atoms with Gasteiger partial charge in [-0.05, 0) is 17.7 Å². The zero-order chi connectivity index (χ0) is 19.9. The van der Waals surface area contributed by atoms with Gasteiger partial charge in [-0.3, -0.25) is 15.1 Å². The van der Waals surface area contributed by atoms with E-state index in [1.807, 2.05) is 24.3 Å². The highest BCUT2D eigenvalue weighted by Gasteiger charge is 2.21. The summed E-state index contributed by atoms with van der Waals surface area (Å²) in [4.78, 5) is 19.4. The molecule has 1 N–H and O–H groups in total. The Morgan fingerprint density at radius 1 is 1.18 bits per heavy atom. The molecule has 1 saturated heterocycles. The summed E-state index contributed by atoms with van der Waals surface area (Å²) in [6.45, 7) is 3.86. The van der Waals surface area contributed by atoms with E-state index >= 15 is 0 Å². The van der Waals surface area contributed by atoms with Crippen molar-refractivity contribution in [3.63, 3.8) is 0 Å². The van der Waals surface area contributed by atoms with E-state index in [2.05, 4.69) is 26.2 Å². The molecule has 0 unspecified atom stereocenters. The minimum absolute atomic E-state index is 0.0970. The fourth-order valence-electron chi connectivity index (χ4n) is 3.34. The molecule has 0 amide bonds. The molecule has 8 heteroatoms. The first-order valence-electron chi connectivity index (χ1n) is 9.19. The molecular weight excluding hydrogens is 358 g/mol. The van der Waals surface area contributed by atoms with Crippen LogP contribution in [0.4, 0.5) is 11.4 Å². The van der Waals surface area contributed by atoms with Crippen molar-refractivity contribution < 1.29 is 9.66 Å². The molecule has 2 aromatic carbocycles. The van der Waals surface area contributed by atoms with E-state index in [0.29, 0.717) is 6.54 Å². The molecule has 0 radical (unpaired) electrons. The van der Waals surface area contributed by atoms with Gasteiger partial charge in [-0.15, -0.1) is 0 Å². The Kier molecular flexibility index (Phi) is 6.31. The Labute approximate surface area is 164 Å². The van der Waals surface area contributed by atoms with Crippen LogP contribution in [0.2, 0.25) is 0 Å². The summed E-state index contributed by atoms with van der Waals surface area (Å²) in [5, 5.41) is 14.2. The average molecular weight is 383 g/mol. The van der Waals surface area contributed by atoms with Gasteiger partial charge in [0, 0.05) is 51.9 Å². The van der Waals surface area contributed by atoms with Crippen molar-refractivity contribution in [1.82, 2.24) is 10.2 Å². The number of methoxy groups -OCH3 is 1. The molecule has 1 aliphatic rings. The molecule has 0 aliphatic carbocycles. The minimum Gasteiger partial charge on any atom is -0.495 e. The van der Waals surface area contributed by atoms with Gasteiger partial charge in [-0.2, -0.15) is 0 Å². The van der Waals surface area contributed by atoms with Crippen LogP contribution in [0, 0.1) is 10.1 Å². The van der Waals surface area contributed by atoms with Gasteiger partial charge in [0.2, 0.25) is 0 Å². The molecule has 1 fully saturated rings. The Hall–Kier alpha value is -3.29. The van der Waals surface area contributed by atoms with Gasteiger partial charge < -0.3 is 19.9 Å². The first-order valence-corrected chi connectivity index (χ1v) is 9.19. The monoisotopic (exact) mass is 383 g/mol. The molecule has 8 nitrogen and oxygen atoms in total. The fourth-order valence-corrected chi connectivity index (χ4v) is 3.34.